The van der Waals surface area contributed by atoms with Gasteiger partial charge in [-0.15, -0.1) is 0 Å². The van der Waals surface area contributed by atoms with Crippen LogP contribution in [0.15, 0.2) is 19.0 Å². The van der Waals surface area contributed by atoms with E-state index in [2.05, 4.69) is 19.8 Å². The predicted octanol–water partition coefficient (Wildman–Crippen LogP) is -0.667. The summed E-state index contributed by atoms with van der Waals surface area (Å²) in [5, 5.41) is 3.63. The maximum Gasteiger partial charge on any atom is 0.328 e. The van der Waals surface area contributed by atoms with Crippen LogP contribution in [0, 0.1) is 13.8 Å². The lowest BCUT2D eigenvalue weighted by Gasteiger charge is -2.27. The molecule has 1 atom stereocenters. The molecule has 1 spiro atoms. The van der Waals surface area contributed by atoms with E-state index in [9.17, 15) is 22.8 Å². The number of nitrogens with one attached hydrogen (secondary N) is 3. The number of hydrogen-bond acceptors (Lipinski definition) is 8. The molecule has 168 valence electrons. The van der Waals surface area contributed by atoms with Crippen LogP contribution in [0.5, 0.6) is 5.88 Å². The predicted molar refractivity (Wildman–Crippen MR) is 106 cm³/mol. The van der Waals surface area contributed by atoms with Gasteiger partial charge in [0, 0.05) is 25.9 Å². The normalized spacial score (nSPS) is 21.0. The molecule has 3 N–H and O–H groups in total. The van der Waals surface area contributed by atoms with Crippen molar-refractivity contribution in [1.82, 2.24) is 24.7 Å². The second kappa shape index (κ2) is 7.64. The summed E-state index contributed by atoms with van der Waals surface area (Å²) in [7, 11) is -3.94. The standard InChI is InChI=1S/C18H23N5O7S/c1-10-14(11(2)30-22-10)31(27,28)19-9-13(24)23-6-3-4-18(5-7-23)8-12-15(25)20-17(26)21-16(12)29-18/h19H,3-9H2,1-2H3,(H2,20,21,25,26). The van der Waals surface area contributed by atoms with Crippen molar-refractivity contribution < 1.29 is 22.5 Å². The molecule has 1 fully saturated rings. The maximum absolute atomic E-state index is 12.7. The van der Waals surface area contributed by atoms with Crippen LogP contribution in [0.2, 0.25) is 0 Å². The van der Waals surface area contributed by atoms with Crippen LogP contribution >= 0.6 is 0 Å². The van der Waals surface area contributed by atoms with Gasteiger partial charge in [0.2, 0.25) is 21.8 Å². The number of amides is 1. The molecule has 1 saturated heterocycles. The Morgan fingerprint density at radius 1 is 1.23 bits per heavy atom. The number of H-pyrrole nitrogens is 2. The quantitative estimate of drug-likeness (QED) is 0.548. The van der Waals surface area contributed by atoms with Gasteiger partial charge >= 0.3 is 5.69 Å². The lowest BCUT2D eigenvalue weighted by molar-refractivity contribution is -0.130. The average molecular weight is 453 g/mol. The van der Waals surface area contributed by atoms with Crippen molar-refractivity contribution in [2.45, 2.75) is 50.0 Å². The largest absolute Gasteiger partial charge is 0.471 e. The lowest BCUT2D eigenvalue weighted by atomic mass is 9.90. The van der Waals surface area contributed by atoms with Crippen molar-refractivity contribution in [3.63, 3.8) is 0 Å². The summed E-state index contributed by atoms with van der Waals surface area (Å²) in [6.45, 7) is 3.37. The number of sulfonamides is 1. The number of rotatable bonds is 4. The third kappa shape index (κ3) is 4.02. The Kier molecular flexibility index (Phi) is 5.25. The van der Waals surface area contributed by atoms with E-state index in [1.165, 1.54) is 13.8 Å². The van der Waals surface area contributed by atoms with Crippen LogP contribution in [0.4, 0.5) is 0 Å². The summed E-state index contributed by atoms with van der Waals surface area (Å²) in [6.07, 6.45) is 2.00. The number of ether oxygens (including phenoxy) is 1. The number of likely N-dealkylation sites (tertiary alicyclic amines) is 1. The van der Waals surface area contributed by atoms with Crippen LogP contribution in [0.25, 0.3) is 0 Å². The van der Waals surface area contributed by atoms with Gasteiger partial charge in [-0.25, -0.2) is 17.9 Å². The van der Waals surface area contributed by atoms with Gasteiger partial charge in [-0.3, -0.25) is 19.6 Å². The highest BCUT2D eigenvalue weighted by Crippen LogP contribution is 2.37. The fourth-order valence-electron chi connectivity index (χ4n) is 4.21. The van der Waals surface area contributed by atoms with E-state index in [4.69, 9.17) is 9.26 Å². The van der Waals surface area contributed by atoms with Gasteiger partial charge < -0.3 is 14.2 Å². The number of aromatic nitrogens is 3. The van der Waals surface area contributed by atoms with Crippen molar-refractivity contribution >= 4 is 15.9 Å². The summed E-state index contributed by atoms with van der Waals surface area (Å²) in [5.41, 5.74) is -1.16. The molecule has 4 heterocycles. The molecule has 0 radical (unpaired) electrons. The molecule has 2 aromatic rings. The molecule has 2 aliphatic heterocycles. The highest BCUT2D eigenvalue weighted by Gasteiger charge is 2.43. The number of hydrogen-bond donors (Lipinski definition) is 3. The van der Waals surface area contributed by atoms with E-state index in [-0.39, 0.29) is 28.1 Å². The Bertz CT molecular complexity index is 1230. The summed E-state index contributed by atoms with van der Waals surface area (Å²) in [5.74, 6) is -0.0324. The lowest BCUT2D eigenvalue weighted by Crippen LogP contribution is -2.42. The van der Waals surface area contributed by atoms with Crippen molar-refractivity contribution in [1.29, 1.82) is 0 Å². The zero-order valence-electron chi connectivity index (χ0n) is 17.1. The molecule has 0 aliphatic carbocycles. The number of aryl methyl sites for hydroxylation is 2. The van der Waals surface area contributed by atoms with Gasteiger partial charge in [0.25, 0.3) is 5.56 Å². The highest BCUT2D eigenvalue weighted by molar-refractivity contribution is 7.89. The molecular formula is C18H23N5O7S. The van der Waals surface area contributed by atoms with Crippen LogP contribution < -0.4 is 20.7 Å². The fraction of sp³-hybridized carbons (Fsp3) is 0.556. The molecule has 0 aromatic carbocycles. The van der Waals surface area contributed by atoms with Gasteiger partial charge in [-0.1, -0.05) is 5.16 Å². The Hall–Kier alpha value is -2.93. The van der Waals surface area contributed by atoms with E-state index in [0.717, 1.165) is 0 Å². The monoisotopic (exact) mass is 453 g/mol. The molecule has 12 nitrogen and oxygen atoms in total. The van der Waals surface area contributed by atoms with Crippen LogP contribution in [0.1, 0.15) is 36.3 Å². The van der Waals surface area contributed by atoms with E-state index >= 15 is 0 Å². The van der Waals surface area contributed by atoms with E-state index in [1.807, 2.05) is 0 Å². The van der Waals surface area contributed by atoms with Gasteiger partial charge in [0.1, 0.15) is 16.2 Å². The van der Waals surface area contributed by atoms with Crippen LogP contribution in [-0.4, -0.2) is 59.6 Å². The number of carbonyl (C=O) groups excluding carboxylic acids is 1. The Labute approximate surface area is 177 Å². The zero-order chi connectivity index (χ0) is 22.4. The molecule has 1 amide bonds. The number of nitrogens with zero attached hydrogens (tertiary/aromatic N) is 2. The maximum atomic E-state index is 12.7. The number of fused-ring (bicyclic) bond motifs is 1. The van der Waals surface area contributed by atoms with E-state index in [1.54, 1.807) is 4.90 Å². The third-order valence-electron chi connectivity index (χ3n) is 5.72. The second-order valence-corrected chi connectivity index (χ2v) is 9.59. The Balaban J connectivity index is 1.40. The molecule has 2 aromatic heterocycles. The van der Waals surface area contributed by atoms with Crippen molar-refractivity contribution in [3.05, 3.63) is 37.9 Å². The minimum atomic E-state index is -3.94. The second-order valence-electron chi connectivity index (χ2n) is 7.89. The fourth-order valence-corrected chi connectivity index (χ4v) is 5.51. The molecule has 1 unspecified atom stereocenters. The first-order chi connectivity index (χ1) is 14.6. The molecule has 0 bridgehead atoms. The Morgan fingerprint density at radius 3 is 2.71 bits per heavy atom. The topological polar surface area (TPSA) is 167 Å². The summed E-state index contributed by atoms with van der Waals surface area (Å²) in [6, 6.07) is 0. The van der Waals surface area contributed by atoms with Gasteiger partial charge in [0.05, 0.1) is 12.1 Å². The minimum absolute atomic E-state index is 0.0635. The molecule has 31 heavy (non-hydrogen) atoms. The third-order valence-corrected chi connectivity index (χ3v) is 7.36. The number of carbonyl (C=O) groups is 1. The van der Waals surface area contributed by atoms with Crippen LogP contribution in [0.3, 0.4) is 0 Å². The van der Waals surface area contributed by atoms with Crippen LogP contribution in [-0.2, 0) is 21.2 Å². The summed E-state index contributed by atoms with van der Waals surface area (Å²) < 4.78 is 38.2. The summed E-state index contributed by atoms with van der Waals surface area (Å²) in [4.78, 5) is 42.4. The van der Waals surface area contributed by atoms with Gasteiger partial charge in [-0.05, 0) is 26.7 Å². The zero-order valence-corrected chi connectivity index (χ0v) is 17.9. The molecular weight excluding hydrogens is 430 g/mol. The SMILES string of the molecule is Cc1noc(C)c1S(=O)(=O)NCC(=O)N1CCCC2(CC1)Cc1c([nH]c(=O)[nH]c1=O)O2. The highest BCUT2D eigenvalue weighted by atomic mass is 32.2. The van der Waals surface area contributed by atoms with Crippen molar-refractivity contribution in [3.8, 4) is 5.88 Å². The average Bonchev–Trinajstić information content (AvgIpc) is 3.14. The smallest absolute Gasteiger partial charge is 0.328 e. The minimum Gasteiger partial charge on any atom is -0.471 e. The van der Waals surface area contributed by atoms with Gasteiger partial charge in [-0.2, -0.15) is 0 Å². The Morgan fingerprint density at radius 2 is 2.00 bits per heavy atom. The molecule has 4 rings (SSSR count). The molecule has 13 heteroatoms. The van der Waals surface area contributed by atoms with E-state index in [0.29, 0.717) is 44.3 Å². The summed E-state index contributed by atoms with van der Waals surface area (Å²) >= 11 is 0. The van der Waals surface area contributed by atoms with Gasteiger partial charge in [0.15, 0.2) is 5.76 Å². The molecule has 0 saturated carbocycles. The first-order valence-electron chi connectivity index (χ1n) is 9.85. The van der Waals surface area contributed by atoms with Crippen molar-refractivity contribution in [2.24, 2.45) is 0 Å². The number of aromatic amines is 2. The first-order valence-corrected chi connectivity index (χ1v) is 11.3. The first kappa shape index (κ1) is 21.3. The van der Waals surface area contributed by atoms with Crippen molar-refractivity contribution in [2.75, 3.05) is 19.6 Å². The molecule has 2 aliphatic rings. The van der Waals surface area contributed by atoms with E-state index < -0.39 is 33.4 Å².